The number of aromatic amines is 1. The topological polar surface area (TPSA) is 76.3 Å². The molecule has 20 heavy (non-hydrogen) atoms. The fourth-order valence-electron chi connectivity index (χ4n) is 2.86. The van der Waals surface area contributed by atoms with Gasteiger partial charge in [0.1, 0.15) is 0 Å². The fourth-order valence-corrected chi connectivity index (χ4v) is 2.86. The third kappa shape index (κ3) is 1.74. The first-order chi connectivity index (χ1) is 9.81. The Morgan fingerprint density at radius 1 is 1.35 bits per heavy atom. The molecule has 0 atom stereocenters. The molecule has 1 saturated heterocycles. The minimum Gasteiger partial charge on any atom is -0.371 e. The summed E-state index contributed by atoms with van der Waals surface area (Å²) in [6, 6.07) is 0.0484. The number of carbonyl (C=O) groups is 1. The fraction of sp³-hybridized carbons (Fsp3) is 0.385. The van der Waals surface area contributed by atoms with Crippen LogP contribution >= 0.6 is 0 Å². The van der Waals surface area contributed by atoms with Gasteiger partial charge in [-0.2, -0.15) is 5.10 Å². The summed E-state index contributed by atoms with van der Waals surface area (Å²) in [7, 11) is 0. The number of aromatic nitrogens is 2. The average molecular weight is 272 g/mol. The Hall–Kier alpha value is -2.44. The number of amides is 2. The molecule has 1 aromatic rings. The van der Waals surface area contributed by atoms with Crippen LogP contribution in [0.4, 0.5) is 10.6 Å². The molecule has 3 aliphatic heterocycles. The predicted molar refractivity (Wildman–Crippen MR) is 74.8 cm³/mol. The number of carbonyl (C=O) groups excluding carboxylic acids is 1. The minimum absolute atomic E-state index is 0.0484. The molecule has 104 valence electrons. The third-order valence-electron chi connectivity index (χ3n) is 3.95. The van der Waals surface area contributed by atoms with Gasteiger partial charge in [-0.05, 0) is 5.57 Å². The lowest BCUT2D eigenvalue weighted by molar-refractivity contribution is 0.212. The van der Waals surface area contributed by atoms with Crippen molar-refractivity contribution in [3.63, 3.8) is 0 Å². The number of fused-ring (bicyclic) bond motifs is 3. The summed E-state index contributed by atoms with van der Waals surface area (Å²) in [5, 5.41) is 13.1. The van der Waals surface area contributed by atoms with Crippen LogP contribution < -0.4 is 10.6 Å². The van der Waals surface area contributed by atoms with Crippen molar-refractivity contribution >= 4 is 17.4 Å². The van der Waals surface area contributed by atoms with Crippen LogP contribution in [0.25, 0.3) is 5.57 Å². The molecular formula is C13H16N6O. The first-order valence-corrected chi connectivity index (χ1v) is 6.80. The number of H-pyrrole nitrogens is 1. The van der Waals surface area contributed by atoms with Crippen LogP contribution in [0, 0.1) is 0 Å². The van der Waals surface area contributed by atoms with Crippen LogP contribution in [-0.2, 0) is 0 Å². The maximum Gasteiger partial charge on any atom is 0.317 e. The summed E-state index contributed by atoms with van der Waals surface area (Å²) in [4.78, 5) is 15.6. The van der Waals surface area contributed by atoms with Gasteiger partial charge < -0.3 is 20.4 Å². The Labute approximate surface area is 116 Å². The van der Waals surface area contributed by atoms with E-state index in [1.54, 1.807) is 0 Å². The summed E-state index contributed by atoms with van der Waals surface area (Å²) in [6.07, 6.45) is 6.09. The van der Waals surface area contributed by atoms with Gasteiger partial charge in [0.05, 0.1) is 0 Å². The number of nitrogens with one attached hydrogen (secondary N) is 3. The van der Waals surface area contributed by atoms with Gasteiger partial charge in [0.25, 0.3) is 0 Å². The molecule has 7 nitrogen and oxygen atoms in total. The molecule has 2 amide bonds. The third-order valence-corrected chi connectivity index (χ3v) is 3.95. The van der Waals surface area contributed by atoms with Gasteiger partial charge in [-0.3, -0.25) is 5.10 Å². The quantitative estimate of drug-likeness (QED) is 0.744. The Morgan fingerprint density at radius 2 is 2.30 bits per heavy atom. The Balaban J connectivity index is 1.46. The lowest BCUT2D eigenvalue weighted by Crippen LogP contribution is -2.34. The molecule has 4 heterocycles. The second-order valence-corrected chi connectivity index (χ2v) is 5.19. The van der Waals surface area contributed by atoms with E-state index in [1.807, 2.05) is 17.3 Å². The highest BCUT2D eigenvalue weighted by Gasteiger charge is 2.26. The molecule has 0 saturated carbocycles. The summed E-state index contributed by atoms with van der Waals surface area (Å²) >= 11 is 0. The van der Waals surface area contributed by atoms with E-state index in [4.69, 9.17) is 0 Å². The van der Waals surface area contributed by atoms with Crippen molar-refractivity contribution in [2.75, 3.05) is 38.0 Å². The Kier molecular flexibility index (Phi) is 2.45. The van der Waals surface area contributed by atoms with E-state index in [1.165, 1.54) is 11.1 Å². The second-order valence-electron chi connectivity index (χ2n) is 5.19. The Bertz CT molecular complexity index is 616. The molecule has 0 radical (unpaired) electrons. The number of rotatable bonds is 3. The zero-order valence-corrected chi connectivity index (χ0v) is 11.0. The van der Waals surface area contributed by atoms with Crippen molar-refractivity contribution < 1.29 is 4.79 Å². The first kappa shape index (κ1) is 11.4. The van der Waals surface area contributed by atoms with Crippen molar-refractivity contribution in [2.45, 2.75) is 0 Å². The van der Waals surface area contributed by atoms with Crippen molar-refractivity contribution in [1.29, 1.82) is 0 Å². The molecule has 0 aromatic carbocycles. The van der Waals surface area contributed by atoms with Crippen LogP contribution in [0.5, 0.6) is 0 Å². The van der Waals surface area contributed by atoms with E-state index in [-0.39, 0.29) is 6.03 Å². The van der Waals surface area contributed by atoms with Crippen molar-refractivity contribution in [1.82, 2.24) is 25.3 Å². The maximum absolute atomic E-state index is 11.5. The molecule has 0 aliphatic carbocycles. The molecule has 0 spiro atoms. The van der Waals surface area contributed by atoms with Gasteiger partial charge in [-0.25, -0.2) is 4.79 Å². The van der Waals surface area contributed by atoms with Gasteiger partial charge in [0.15, 0.2) is 5.82 Å². The van der Waals surface area contributed by atoms with Gasteiger partial charge in [0, 0.05) is 62.5 Å². The van der Waals surface area contributed by atoms with Crippen LogP contribution in [0.2, 0.25) is 0 Å². The summed E-state index contributed by atoms with van der Waals surface area (Å²) in [5.41, 5.74) is 3.60. The number of hydrogen-bond donors (Lipinski definition) is 3. The highest BCUT2D eigenvalue weighted by atomic mass is 16.2. The molecule has 0 bridgehead atoms. The largest absolute Gasteiger partial charge is 0.371 e. The smallest absolute Gasteiger partial charge is 0.317 e. The van der Waals surface area contributed by atoms with Crippen molar-refractivity contribution in [2.24, 2.45) is 0 Å². The first-order valence-electron chi connectivity index (χ1n) is 6.80. The van der Waals surface area contributed by atoms with Crippen LogP contribution in [0.15, 0.2) is 24.2 Å². The summed E-state index contributed by atoms with van der Waals surface area (Å²) < 4.78 is 0. The van der Waals surface area contributed by atoms with E-state index in [9.17, 15) is 4.79 Å². The molecule has 7 heteroatoms. The standard InChI is InChI=1S/C13H16N6O/c20-13-14-1-2-19(13)4-3-18-7-9-5-15-12-10(6-16-17-12)11(9)8-18/h5-6,8H,1-4,7H2,(H,14,20)(H2,15,16,17). The number of hydrogen-bond acceptors (Lipinski definition) is 4. The zero-order valence-electron chi connectivity index (χ0n) is 11.0. The zero-order chi connectivity index (χ0) is 13.5. The SMILES string of the molecule is O=C1NCCN1CCN1C=C2C(=CNc3n[nH]cc32)C1. The Morgan fingerprint density at radius 3 is 3.15 bits per heavy atom. The maximum atomic E-state index is 11.5. The second kappa shape index (κ2) is 4.29. The number of anilines is 1. The summed E-state index contributed by atoms with van der Waals surface area (Å²) in [6.45, 7) is 4.05. The van der Waals surface area contributed by atoms with E-state index in [0.29, 0.717) is 0 Å². The normalized spacial score (nSPS) is 20.1. The van der Waals surface area contributed by atoms with E-state index < -0.39 is 0 Å². The number of urea groups is 1. The average Bonchev–Trinajstić information content (AvgIpc) is 3.13. The predicted octanol–water partition coefficient (Wildman–Crippen LogP) is 0.401. The highest BCUT2D eigenvalue weighted by Crippen LogP contribution is 2.36. The molecule has 4 rings (SSSR count). The monoisotopic (exact) mass is 272 g/mol. The van der Waals surface area contributed by atoms with Gasteiger partial charge in [-0.15, -0.1) is 0 Å². The van der Waals surface area contributed by atoms with E-state index in [0.717, 1.165) is 44.1 Å². The van der Waals surface area contributed by atoms with Crippen LogP contribution in [0.1, 0.15) is 5.56 Å². The molecule has 3 N–H and O–H groups in total. The molecule has 1 fully saturated rings. The minimum atomic E-state index is 0.0484. The molecule has 3 aliphatic rings. The van der Waals surface area contributed by atoms with Gasteiger partial charge in [0.2, 0.25) is 0 Å². The van der Waals surface area contributed by atoms with Crippen molar-refractivity contribution in [3.05, 3.63) is 29.7 Å². The lowest BCUT2D eigenvalue weighted by atomic mass is 10.0. The number of nitrogens with zero attached hydrogens (tertiary/aromatic N) is 3. The highest BCUT2D eigenvalue weighted by molar-refractivity contribution is 5.89. The van der Waals surface area contributed by atoms with Crippen LogP contribution in [-0.4, -0.2) is 58.8 Å². The molecule has 0 unspecified atom stereocenters. The summed E-state index contributed by atoms with van der Waals surface area (Å²) in [5.74, 6) is 0.876. The van der Waals surface area contributed by atoms with Crippen molar-refractivity contribution in [3.8, 4) is 0 Å². The van der Waals surface area contributed by atoms with E-state index in [2.05, 4.69) is 31.9 Å². The van der Waals surface area contributed by atoms with Gasteiger partial charge in [-0.1, -0.05) is 0 Å². The molecule has 1 aromatic heterocycles. The molecular weight excluding hydrogens is 256 g/mol. The van der Waals surface area contributed by atoms with Gasteiger partial charge >= 0.3 is 6.03 Å². The van der Waals surface area contributed by atoms with E-state index >= 15 is 0 Å². The lowest BCUT2D eigenvalue weighted by Gasteiger charge is -2.20. The van der Waals surface area contributed by atoms with Crippen LogP contribution in [0.3, 0.4) is 0 Å².